The minimum absolute atomic E-state index is 0.379. The summed E-state index contributed by atoms with van der Waals surface area (Å²) in [5, 5.41) is 3.34. The smallest absolute Gasteiger partial charge is 0.243 e. The van der Waals surface area contributed by atoms with Crippen molar-refractivity contribution in [2.75, 3.05) is 26.2 Å². The predicted octanol–water partition coefficient (Wildman–Crippen LogP) is 1.80. The Morgan fingerprint density at radius 2 is 1.48 bits per heavy atom. The van der Waals surface area contributed by atoms with E-state index >= 15 is 0 Å². The lowest BCUT2D eigenvalue weighted by Crippen LogP contribution is -2.42. The summed E-state index contributed by atoms with van der Waals surface area (Å²) in [6.07, 6.45) is 0. The van der Waals surface area contributed by atoms with Gasteiger partial charge in [-0.05, 0) is 28.8 Å². The molecule has 2 aliphatic heterocycles. The zero-order chi connectivity index (χ0) is 17.3. The first-order valence-corrected chi connectivity index (χ1v) is 10.2. The number of sulfonamides is 1. The molecule has 0 bridgehead atoms. The van der Waals surface area contributed by atoms with Crippen LogP contribution in [0.4, 0.5) is 0 Å². The van der Waals surface area contributed by atoms with E-state index in [0.29, 0.717) is 18.0 Å². The predicted molar refractivity (Wildman–Crippen MR) is 97.5 cm³/mol. The minimum atomic E-state index is -3.45. The number of hydrogen-bond acceptors (Lipinski definition) is 4. The maximum atomic E-state index is 12.9. The first-order chi connectivity index (χ1) is 12.1. The fourth-order valence-electron chi connectivity index (χ4n) is 3.52. The fraction of sp³-hybridized carbons (Fsp3) is 0.368. The first-order valence-electron chi connectivity index (χ1n) is 8.72. The van der Waals surface area contributed by atoms with Crippen LogP contribution in [0, 0.1) is 0 Å². The van der Waals surface area contributed by atoms with Crippen molar-refractivity contribution in [3.8, 4) is 0 Å². The van der Waals surface area contributed by atoms with Crippen molar-refractivity contribution >= 4 is 10.0 Å². The number of nitrogens with one attached hydrogen (secondary N) is 1. The second kappa shape index (κ2) is 6.88. The lowest BCUT2D eigenvalue weighted by Gasteiger charge is -2.27. The highest BCUT2D eigenvalue weighted by Gasteiger charge is 2.30. The number of piperazine rings is 1. The van der Waals surface area contributed by atoms with Crippen LogP contribution in [-0.4, -0.2) is 43.8 Å². The lowest BCUT2D eigenvalue weighted by molar-refractivity contribution is 0.233. The lowest BCUT2D eigenvalue weighted by atomic mass is 10.1. The molecule has 1 fully saturated rings. The van der Waals surface area contributed by atoms with Crippen molar-refractivity contribution in [2.45, 2.75) is 24.5 Å². The summed E-state index contributed by atoms with van der Waals surface area (Å²) in [6.45, 7) is 5.89. The SMILES string of the molecule is O=S(=O)(c1ccc(CN2CCNCC2)cc1)N1Cc2ccccc2C1. The number of benzene rings is 2. The highest BCUT2D eigenvalue weighted by molar-refractivity contribution is 7.89. The van der Waals surface area contributed by atoms with Gasteiger partial charge in [0, 0.05) is 45.8 Å². The molecule has 0 amide bonds. The van der Waals surface area contributed by atoms with Gasteiger partial charge in [0.15, 0.2) is 0 Å². The van der Waals surface area contributed by atoms with Gasteiger partial charge < -0.3 is 5.32 Å². The summed E-state index contributed by atoms with van der Waals surface area (Å²) in [7, 11) is -3.45. The van der Waals surface area contributed by atoms with Gasteiger partial charge in [-0.25, -0.2) is 8.42 Å². The van der Waals surface area contributed by atoms with Crippen molar-refractivity contribution in [1.29, 1.82) is 0 Å². The molecule has 0 radical (unpaired) electrons. The molecule has 2 heterocycles. The van der Waals surface area contributed by atoms with E-state index in [0.717, 1.165) is 49.4 Å². The topological polar surface area (TPSA) is 52.7 Å². The molecule has 25 heavy (non-hydrogen) atoms. The average molecular weight is 357 g/mol. The van der Waals surface area contributed by atoms with Crippen LogP contribution in [0.25, 0.3) is 0 Å². The molecule has 0 spiro atoms. The van der Waals surface area contributed by atoms with Crippen LogP contribution in [0.3, 0.4) is 0 Å². The molecule has 5 nitrogen and oxygen atoms in total. The number of rotatable bonds is 4. The van der Waals surface area contributed by atoms with Crippen molar-refractivity contribution < 1.29 is 8.42 Å². The van der Waals surface area contributed by atoms with Crippen LogP contribution in [0.2, 0.25) is 0 Å². The summed E-state index contributed by atoms with van der Waals surface area (Å²) >= 11 is 0. The van der Waals surface area contributed by atoms with E-state index in [1.54, 1.807) is 16.4 Å². The zero-order valence-corrected chi connectivity index (χ0v) is 15.0. The van der Waals surface area contributed by atoms with Gasteiger partial charge >= 0.3 is 0 Å². The van der Waals surface area contributed by atoms with Gasteiger partial charge in [-0.3, -0.25) is 4.90 Å². The van der Waals surface area contributed by atoms with E-state index in [1.807, 2.05) is 36.4 Å². The maximum absolute atomic E-state index is 12.9. The van der Waals surface area contributed by atoms with Gasteiger partial charge in [0.05, 0.1) is 4.90 Å². The highest BCUT2D eigenvalue weighted by Crippen LogP contribution is 2.28. The van der Waals surface area contributed by atoms with Crippen LogP contribution in [0.15, 0.2) is 53.4 Å². The molecule has 132 valence electrons. The molecule has 1 saturated heterocycles. The molecular weight excluding hydrogens is 334 g/mol. The molecule has 0 aromatic heterocycles. The third-order valence-corrected chi connectivity index (χ3v) is 6.79. The summed E-state index contributed by atoms with van der Waals surface area (Å²) < 4.78 is 27.4. The van der Waals surface area contributed by atoms with E-state index in [4.69, 9.17) is 0 Å². The molecule has 4 rings (SSSR count). The van der Waals surface area contributed by atoms with Gasteiger partial charge in [-0.15, -0.1) is 0 Å². The molecule has 2 aromatic carbocycles. The summed E-state index contributed by atoms with van der Waals surface area (Å²) in [5.74, 6) is 0. The standard InChI is InChI=1S/C19H23N3O2S/c23-25(24,22-14-17-3-1-2-4-18(17)15-22)19-7-5-16(6-8-19)13-21-11-9-20-10-12-21/h1-8,20H,9-15H2. The molecule has 2 aliphatic rings. The van der Waals surface area contributed by atoms with Crippen molar-refractivity contribution in [3.63, 3.8) is 0 Å². The van der Waals surface area contributed by atoms with Gasteiger partial charge in [0.1, 0.15) is 0 Å². The van der Waals surface area contributed by atoms with E-state index in [9.17, 15) is 8.42 Å². The van der Waals surface area contributed by atoms with E-state index < -0.39 is 10.0 Å². The Bertz CT molecular complexity index is 818. The second-order valence-electron chi connectivity index (χ2n) is 6.71. The van der Waals surface area contributed by atoms with Crippen LogP contribution in [0.1, 0.15) is 16.7 Å². The fourth-order valence-corrected chi connectivity index (χ4v) is 4.91. The van der Waals surface area contributed by atoms with E-state index in [-0.39, 0.29) is 0 Å². The molecule has 2 aromatic rings. The van der Waals surface area contributed by atoms with Gasteiger partial charge in [0.25, 0.3) is 0 Å². The maximum Gasteiger partial charge on any atom is 0.243 e. The third kappa shape index (κ3) is 3.48. The van der Waals surface area contributed by atoms with Crippen molar-refractivity contribution in [2.24, 2.45) is 0 Å². The average Bonchev–Trinajstić information content (AvgIpc) is 3.08. The number of nitrogens with zero attached hydrogens (tertiary/aromatic N) is 2. The van der Waals surface area contributed by atoms with Gasteiger partial charge in [-0.1, -0.05) is 36.4 Å². The molecule has 6 heteroatoms. The monoisotopic (exact) mass is 357 g/mol. The third-order valence-electron chi connectivity index (χ3n) is 4.99. The Hall–Kier alpha value is -1.73. The van der Waals surface area contributed by atoms with E-state index in [1.165, 1.54) is 0 Å². The number of fused-ring (bicyclic) bond motifs is 1. The Balaban J connectivity index is 1.48. The molecule has 0 saturated carbocycles. The highest BCUT2D eigenvalue weighted by atomic mass is 32.2. The van der Waals surface area contributed by atoms with Crippen LogP contribution in [0.5, 0.6) is 0 Å². The second-order valence-corrected chi connectivity index (χ2v) is 8.65. The Kier molecular flexibility index (Phi) is 4.60. The minimum Gasteiger partial charge on any atom is -0.314 e. The molecule has 0 atom stereocenters. The normalized spacial score (nSPS) is 19.0. The summed E-state index contributed by atoms with van der Waals surface area (Å²) in [5.41, 5.74) is 3.35. The van der Waals surface area contributed by atoms with Gasteiger partial charge in [-0.2, -0.15) is 4.31 Å². The van der Waals surface area contributed by atoms with Crippen LogP contribution >= 0.6 is 0 Å². The largest absolute Gasteiger partial charge is 0.314 e. The van der Waals surface area contributed by atoms with E-state index in [2.05, 4.69) is 10.2 Å². The Morgan fingerprint density at radius 1 is 0.880 bits per heavy atom. The number of hydrogen-bond donors (Lipinski definition) is 1. The molecular formula is C19H23N3O2S. The van der Waals surface area contributed by atoms with Crippen LogP contribution < -0.4 is 5.32 Å². The van der Waals surface area contributed by atoms with Crippen LogP contribution in [-0.2, 0) is 29.7 Å². The van der Waals surface area contributed by atoms with Gasteiger partial charge in [0.2, 0.25) is 10.0 Å². The molecule has 1 N–H and O–H groups in total. The summed E-state index contributed by atoms with van der Waals surface area (Å²) in [4.78, 5) is 2.77. The quantitative estimate of drug-likeness (QED) is 0.907. The molecule has 0 unspecified atom stereocenters. The first kappa shape index (κ1) is 16.7. The Labute approximate surface area is 149 Å². The zero-order valence-electron chi connectivity index (χ0n) is 14.2. The summed E-state index contributed by atoms with van der Waals surface area (Å²) in [6, 6.07) is 15.3. The molecule has 0 aliphatic carbocycles. The van der Waals surface area contributed by atoms with Crippen molar-refractivity contribution in [3.05, 3.63) is 65.2 Å². The Morgan fingerprint density at radius 3 is 2.08 bits per heavy atom. The van der Waals surface area contributed by atoms with Crippen molar-refractivity contribution in [1.82, 2.24) is 14.5 Å².